The molecule has 40 heavy (non-hydrogen) atoms. The van der Waals surface area contributed by atoms with E-state index in [1.807, 2.05) is 18.2 Å². The number of H-pyrrole nitrogens is 2. The van der Waals surface area contributed by atoms with E-state index in [-0.39, 0.29) is 25.7 Å². The average molecular weight is 557 g/mol. The Kier molecular flexibility index (Phi) is 10.3. The summed E-state index contributed by atoms with van der Waals surface area (Å²) in [5.74, 6) is -4.47. The number of aliphatic carboxylic acids is 1. The van der Waals surface area contributed by atoms with Gasteiger partial charge in [-0.05, 0) is 18.1 Å². The van der Waals surface area contributed by atoms with Gasteiger partial charge in [-0.15, -0.1) is 0 Å². The number of hydrogen-bond donors (Lipinski definition) is 9. The number of nitrogens with zero attached hydrogens (tertiary/aromatic N) is 1. The van der Waals surface area contributed by atoms with Crippen LogP contribution in [0.15, 0.2) is 43.0 Å². The molecule has 214 valence electrons. The number of amides is 4. The SMILES string of the molecule is NC(=O)CCC(N)C(=O)NC(Cc1cnc[nH]1)C(=O)NC(CO)C(=O)NC(Cc1c[nH]c2ccccc12)C(=O)O. The van der Waals surface area contributed by atoms with Gasteiger partial charge in [-0.2, -0.15) is 0 Å². The zero-order chi connectivity index (χ0) is 29.2. The highest BCUT2D eigenvalue weighted by molar-refractivity contribution is 5.94. The molecule has 4 unspecified atom stereocenters. The van der Waals surface area contributed by atoms with E-state index < -0.39 is 60.4 Å². The summed E-state index contributed by atoms with van der Waals surface area (Å²) in [5.41, 5.74) is 12.8. The molecule has 0 aliphatic heterocycles. The zero-order valence-corrected chi connectivity index (χ0v) is 21.4. The van der Waals surface area contributed by atoms with Gasteiger partial charge in [-0.25, -0.2) is 9.78 Å². The smallest absolute Gasteiger partial charge is 0.326 e. The molecule has 3 aromatic rings. The fourth-order valence-corrected chi connectivity index (χ4v) is 3.99. The number of para-hydroxylation sites is 1. The number of aliphatic hydroxyl groups excluding tert-OH is 1. The van der Waals surface area contributed by atoms with Gasteiger partial charge in [0.15, 0.2) is 0 Å². The molecule has 0 aliphatic rings. The van der Waals surface area contributed by atoms with E-state index in [9.17, 15) is 34.2 Å². The van der Waals surface area contributed by atoms with Gasteiger partial charge in [0, 0.05) is 48.3 Å². The van der Waals surface area contributed by atoms with Crippen LogP contribution in [0.5, 0.6) is 0 Å². The summed E-state index contributed by atoms with van der Waals surface area (Å²) in [6.45, 7) is -0.847. The second kappa shape index (κ2) is 13.9. The van der Waals surface area contributed by atoms with Crippen LogP contribution in [-0.4, -0.2) is 85.5 Å². The first-order chi connectivity index (χ1) is 19.1. The predicted octanol–water partition coefficient (Wildman–Crippen LogP) is -2.20. The van der Waals surface area contributed by atoms with Gasteiger partial charge in [0.25, 0.3) is 0 Å². The number of rotatable bonds is 15. The first-order valence-electron chi connectivity index (χ1n) is 12.4. The van der Waals surface area contributed by atoms with Crippen molar-refractivity contribution < 1.29 is 34.2 Å². The lowest BCUT2D eigenvalue weighted by Crippen LogP contribution is -2.58. The molecule has 2 aromatic heterocycles. The number of carboxylic acids is 1. The first-order valence-corrected chi connectivity index (χ1v) is 12.4. The minimum atomic E-state index is -1.53. The van der Waals surface area contributed by atoms with Crippen LogP contribution in [0.1, 0.15) is 24.1 Å². The Bertz CT molecular complexity index is 1340. The fourth-order valence-electron chi connectivity index (χ4n) is 3.99. The Labute approximate surface area is 228 Å². The summed E-state index contributed by atoms with van der Waals surface area (Å²) in [5, 5.41) is 27.5. The number of imidazole rings is 1. The van der Waals surface area contributed by atoms with E-state index in [4.69, 9.17) is 11.5 Å². The van der Waals surface area contributed by atoms with Gasteiger partial charge in [0.05, 0.1) is 19.0 Å². The van der Waals surface area contributed by atoms with Crippen LogP contribution >= 0.6 is 0 Å². The van der Waals surface area contributed by atoms with E-state index in [1.165, 1.54) is 12.5 Å². The summed E-state index contributed by atoms with van der Waals surface area (Å²) >= 11 is 0. The number of nitrogens with two attached hydrogens (primary N) is 2. The van der Waals surface area contributed by atoms with E-state index in [2.05, 4.69) is 30.9 Å². The van der Waals surface area contributed by atoms with Crippen molar-refractivity contribution >= 4 is 40.5 Å². The van der Waals surface area contributed by atoms with Crippen molar-refractivity contribution in [2.24, 2.45) is 11.5 Å². The molecule has 0 spiro atoms. The number of hydrogen-bond acceptors (Lipinski definition) is 8. The summed E-state index contributed by atoms with van der Waals surface area (Å²) in [7, 11) is 0. The number of primary amides is 1. The molecule has 0 fully saturated rings. The highest BCUT2D eigenvalue weighted by Gasteiger charge is 2.31. The molecule has 0 aliphatic carbocycles. The minimum Gasteiger partial charge on any atom is -0.480 e. The lowest BCUT2D eigenvalue weighted by atomic mass is 10.0. The maximum absolute atomic E-state index is 13.1. The molecular formula is C25H32N8O7. The molecule has 0 bridgehead atoms. The van der Waals surface area contributed by atoms with Crippen molar-refractivity contribution in [1.82, 2.24) is 30.9 Å². The van der Waals surface area contributed by atoms with Crippen molar-refractivity contribution in [3.05, 3.63) is 54.2 Å². The van der Waals surface area contributed by atoms with Crippen molar-refractivity contribution in [2.45, 2.75) is 49.9 Å². The molecule has 15 heteroatoms. The predicted molar refractivity (Wildman–Crippen MR) is 141 cm³/mol. The highest BCUT2D eigenvalue weighted by Crippen LogP contribution is 2.19. The topological polar surface area (TPSA) is 258 Å². The number of benzene rings is 1. The molecule has 15 nitrogen and oxygen atoms in total. The van der Waals surface area contributed by atoms with Gasteiger partial charge in [-0.3, -0.25) is 19.2 Å². The molecule has 11 N–H and O–H groups in total. The highest BCUT2D eigenvalue weighted by atomic mass is 16.4. The molecule has 2 heterocycles. The van der Waals surface area contributed by atoms with Crippen molar-refractivity contribution in [3.8, 4) is 0 Å². The van der Waals surface area contributed by atoms with E-state index in [0.29, 0.717) is 11.3 Å². The number of fused-ring (bicyclic) bond motifs is 1. The molecule has 4 atom stereocenters. The molecular weight excluding hydrogens is 524 g/mol. The Morgan fingerprint density at radius 2 is 1.60 bits per heavy atom. The number of carbonyl (C=O) groups excluding carboxylic acids is 4. The number of aromatic amines is 2. The third-order valence-electron chi connectivity index (χ3n) is 6.18. The normalized spacial score (nSPS) is 14.1. The summed E-state index contributed by atoms with van der Waals surface area (Å²) in [6.07, 6.45) is 4.13. The zero-order valence-electron chi connectivity index (χ0n) is 21.4. The van der Waals surface area contributed by atoms with Crippen LogP contribution in [0.4, 0.5) is 0 Å². The molecule has 0 radical (unpaired) electrons. The van der Waals surface area contributed by atoms with Crippen LogP contribution in [0.25, 0.3) is 10.9 Å². The number of carboxylic acid groups (broad SMARTS) is 1. The molecule has 0 saturated heterocycles. The fraction of sp³-hybridized carbons (Fsp3) is 0.360. The van der Waals surface area contributed by atoms with E-state index in [0.717, 1.165) is 10.9 Å². The average Bonchev–Trinajstić information content (AvgIpc) is 3.59. The van der Waals surface area contributed by atoms with Gasteiger partial charge in [-0.1, -0.05) is 18.2 Å². The van der Waals surface area contributed by atoms with Crippen LogP contribution in [-0.2, 0) is 36.8 Å². The molecule has 0 saturated carbocycles. The Morgan fingerprint density at radius 1 is 0.925 bits per heavy atom. The quantitative estimate of drug-likeness (QED) is 0.0982. The number of aromatic nitrogens is 3. The molecule has 3 rings (SSSR count). The summed E-state index contributed by atoms with van der Waals surface area (Å²) in [6, 6.07) is 1.99. The lowest BCUT2D eigenvalue weighted by Gasteiger charge is -2.24. The Balaban J connectivity index is 1.68. The third kappa shape index (κ3) is 8.12. The summed E-state index contributed by atoms with van der Waals surface area (Å²) in [4.78, 5) is 71.2. The van der Waals surface area contributed by atoms with Crippen LogP contribution in [0.3, 0.4) is 0 Å². The van der Waals surface area contributed by atoms with Gasteiger partial charge in [0.1, 0.15) is 18.1 Å². The van der Waals surface area contributed by atoms with Crippen LogP contribution < -0.4 is 27.4 Å². The largest absolute Gasteiger partial charge is 0.480 e. The van der Waals surface area contributed by atoms with Crippen molar-refractivity contribution in [1.29, 1.82) is 0 Å². The maximum atomic E-state index is 13.1. The molecule has 1 aromatic carbocycles. The second-order valence-electron chi connectivity index (χ2n) is 9.16. The standard InChI is InChI=1S/C25H32N8O7/c26-16(5-6-21(27)35)22(36)31-18(8-14-10-28-12-30-14)23(37)33-20(11-34)24(38)32-19(25(39)40)7-13-9-29-17-4-2-1-3-15(13)17/h1-4,9-10,12,16,18-20,29,34H,5-8,11,26H2,(H2,27,35)(H,28,30)(H,31,36)(H,32,38)(H,33,37)(H,39,40). The summed E-state index contributed by atoms with van der Waals surface area (Å²) < 4.78 is 0. The minimum absolute atomic E-state index is 0.0474. The Hall–Kier alpha value is -4.76. The van der Waals surface area contributed by atoms with Crippen molar-refractivity contribution in [2.75, 3.05) is 6.61 Å². The number of aliphatic hydroxyl groups is 1. The lowest BCUT2D eigenvalue weighted by molar-refractivity contribution is -0.142. The van der Waals surface area contributed by atoms with Gasteiger partial charge in [0.2, 0.25) is 23.6 Å². The van der Waals surface area contributed by atoms with Gasteiger partial charge >= 0.3 is 5.97 Å². The number of nitrogens with one attached hydrogen (secondary N) is 5. The Morgan fingerprint density at radius 3 is 2.25 bits per heavy atom. The maximum Gasteiger partial charge on any atom is 0.326 e. The van der Waals surface area contributed by atoms with E-state index >= 15 is 0 Å². The first kappa shape index (κ1) is 29.8. The van der Waals surface area contributed by atoms with Crippen molar-refractivity contribution in [3.63, 3.8) is 0 Å². The monoisotopic (exact) mass is 556 g/mol. The number of carbonyl (C=O) groups is 5. The van der Waals surface area contributed by atoms with Crippen LogP contribution in [0.2, 0.25) is 0 Å². The van der Waals surface area contributed by atoms with Gasteiger partial charge < -0.3 is 47.6 Å². The molecule has 4 amide bonds. The van der Waals surface area contributed by atoms with E-state index in [1.54, 1.807) is 12.3 Å². The third-order valence-corrected chi connectivity index (χ3v) is 6.18. The van der Waals surface area contributed by atoms with Crippen LogP contribution in [0, 0.1) is 0 Å². The second-order valence-corrected chi connectivity index (χ2v) is 9.16.